The van der Waals surface area contributed by atoms with Crippen LogP contribution in [-0.4, -0.2) is 37.9 Å². The van der Waals surface area contributed by atoms with E-state index < -0.39 is 31.3 Å². The van der Waals surface area contributed by atoms with E-state index in [1.165, 1.54) is 0 Å². The smallest absolute Gasteiger partial charge is 0.455 e. The van der Waals surface area contributed by atoms with E-state index in [0.29, 0.717) is 0 Å². The van der Waals surface area contributed by atoms with Crippen LogP contribution in [0.2, 0.25) is 0 Å². The van der Waals surface area contributed by atoms with Crippen molar-refractivity contribution in [3.63, 3.8) is 0 Å². The Hall–Kier alpha value is -1.18. The Balaban J connectivity index is 3.90. The molecule has 0 radical (unpaired) electrons. The molecular weight excluding hydrogens is 251 g/mol. The molecule has 8 heteroatoms. The molecule has 17 heavy (non-hydrogen) atoms. The molecule has 0 aromatic carbocycles. The summed E-state index contributed by atoms with van der Waals surface area (Å²) in [5.74, 6) is -5.62. The van der Waals surface area contributed by atoms with Crippen molar-refractivity contribution in [1.82, 2.24) is 0 Å². The first-order chi connectivity index (χ1) is 7.70. The zero-order chi connectivity index (χ0) is 13.5. The molecule has 3 nitrogen and oxygen atoms in total. The molecule has 0 heterocycles. The van der Waals surface area contributed by atoms with E-state index in [9.17, 15) is 26.7 Å². The van der Waals surface area contributed by atoms with Crippen molar-refractivity contribution in [3.05, 3.63) is 12.2 Å². The molecule has 0 aromatic rings. The summed E-state index contributed by atoms with van der Waals surface area (Å²) in [4.78, 5) is 10.7. The summed E-state index contributed by atoms with van der Waals surface area (Å²) >= 11 is 0. The van der Waals surface area contributed by atoms with Gasteiger partial charge in [-0.15, -0.1) is 0 Å². The molecule has 0 atom stereocenters. The van der Waals surface area contributed by atoms with Crippen molar-refractivity contribution in [2.75, 3.05) is 19.8 Å². The van der Waals surface area contributed by atoms with Gasteiger partial charge in [-0.3, -0.25) is 0 Å². The highest BCUT2D eigenvalue weighted by atomic mass is 19.4. The molecule has 0 fully saturated rings. The summed E-state index contributed by atoms with van der Waals surface area (Å²) in [7, 11) is 0. The number of carbonyl (C=O) groups is 1. The van der Waals surface area contributed by atoms with Crippen molar-refractivity contribution in [3.8, 4) is 0 Å². The molecule has 0 aliphatic heterocycles. The van der Waals surface area contributed by atoms with E-state index in [-0.39, 0.29) is 6.61 Å². The lowest BCUT2D eigenvalue weighted by Gasteiger charge is -2.18. The number of rotatable bonds is 6. The average molecular weight is 262 g/mol. The fraction of sp³-hybridized carbons (Fsp3) is 0.667. The van der Waals surface area contributed by atoms with Gasteiger partial charge in [-0.1, -0.05) is 6.08 Å². The molecule has 0 spiro atoms. The first kappa shape index (κ1) is 15.8. The Morgan fingerprint density at radius 1 is 1.24 bits per heavy atom. The third kappa shape index (κ3) is 6.20. The molecule has 0 aliphatic carbocycles. The van der Waals surface area contributed by atoms with Crippen LogP contribution in [0.5, 0.6) is 0 Å². The molecule has 0 unspecified atom stereocenters. The van der Waals surface area contributed by atoms with Crippen LogP contribution in [0.1, 0.15) is 6.92 Å². The second-order valence-electron chi connectivity index (χ2n) is 2.87. The summed E-state index contributed by atoms with van der Waals surface area (Å²) in [6.07, 6.45) is -3.77. The number of esters is 1. The minimum atomic E-state index is -5.64. The van der Waals surface area contributed by atoms with Gasteiger partial charge in [-0.05, 0) is 6.92 Å². The average Bonchev–Trinajstić information content (AvgIpc) is 2.15. The standard InChI is InChI=1S/C9H11F5O3/c1-2-17-7(15)4-3-5-16-6-8(10,11)9(12,13)14/h3-4H,2,5-6H2,1H3/b4-3+. The quantitative estimate of drug-likeness (QED) is 0.319. The van der Waals surface area contributed by atoms with Crippen molar-refractivity contribution < 1.29 is 36.2 Å². The summed E-state index contributed by atoms with van der Waals surface area (Å²) in [6, 6.07) is 0. The highest BCUT2D eigenvalue weighted by Crippen LogP contribution is 2.35. The minimum absolute atomic E-state index is 0.135. The van der Waals surface area contributed by atoms with Crippen LogP contribution < -0.4 is 0 Å². The molecule has 0 saturated heterocycles. The lowest BCUT2D eigenvalue weighted by molar-refractivity contribution is -0.295. The Bertz CT molecular complexity index is 272. The van der Waals surface area contributed by atoms with Gasteiger partial charge in [0.05, 0.1) is 13.2 Å². The summed E-state index contributed by atoms with van der Waals surface area (Å²) in [5.41, 5.74) is 0. The monoisotopic (exact) mass is 262 g/mol. The highest BCUT2D eigenvalue weighted by molar-refractivity contribution is 5.81. The molecule has 0 N–H and O–H groups in total. The zero-order valence-electron chi connectivity index (χ0n) is 8.89. The summed E-state index contributed by atoms with van der Waals surface area (Å²) in [5, 5.41) is 0. The van der Waals surface area contributed by atoms with Gasteiger partial charge in [-0.25, -0.2) is 4.79 Å². The van der Waals surface area contributed by atoms with Gasteiger partial charge in [-0.2, -0.15) is 22.0 Å². The molecule has 0 saturated carbocycles. The maximum atomic E-state index is 12.3. The van der Waals surface area contributed by atoms with Crippen LogP contribution in [0, 0.1) is 0 Å². The van der Waals surface area contributed by atoms with Gasteiger partial charge in [0.25, 0.3) is 0 Å². The second kappa shape index (κ2) is 6.53. The van der Waals surface area contributed by atoms with Crippen molar-refractivity contribution >= 4 is 5.97 Å². The SMILES string of the molecule is CCOC(=O)/C=C/COCC(F)(F)C(F)(F)F. The van der Waals surface area contributed by atoms with Crippen LogP contribution in [0.3, 0.4) is 0 Å². The van der Waals surface area contributed by atoms with Gasteiger partial charge in [0, 0.05) is 6.08 Å². The van der Waals surface area contributed by atoms with Crippen molar-refractivity contribution in [2.45, 2.75) is 19.0 Å². The summed E-state index contributed by atoms with van der Waals surface area (Å²) < 4.78 is 68.0. The van der Waals surface area contributed by atoms with Crippen LogP contribution in [0.25, 0.3) is 0 Å². The highest BCUT2D eigenvalue weighted by Gasteiger charge is 2.57. The molecule has 100 valence electrons. The minimum Gasteiger partial charge on any atom is -0.463 e. The van der Waals surface area contributed by atoms with Gasteiger partial charge >= 0.3 is 18.1 Å². The number of hydrogen-bond acceptors (Lipinski definition) is 3. The Morgan fingerprint density at radius 3 is 2.29 bits per heavy atom. The third-order valence-electron chi connectivity index (χ3n) is 1.45. The maximum Gasteiger partial charge on any atom is 0.455 e. The number of carbonyl (C=O) groups excluding carboxylic acids is 1. The van der Waals surface area contributed by atoms with Crippen molar-refractivity contribution in [1.29, 1.82) is 0 Å². The topological polar surface area (TPSA) is 35.5 Å². The van der Waals surface area contributed by atoms with E-state index in [2.05, 4.69) is 9.47 Å². The van der Waals surface area contributed by atoms with E-state index in [0.717, 1.165) is 12.2 Å². The lowest BCUT2D eigenvalue weighted by Crippen LogP contribution is -2.40. The first-order valence-electron chi connectivity index (χ1n) is 4.56. The van der Waals surface area contributed by atoms with Crippen LogP contribution in [-0.2, 0) is 14.3 Å². The van der Waals surface area contributed by atoms with E-state index in [1.54, 1.807) is 6.92 Å². The number of halogens is 5. The van der Waals surface area contributed by atoms with Gasteiger partial charge in [0.2, 0.25) is 0 Å². The van der Waals surface area contributed by atoms with Crippen LogP contribution in [0.15, 0.2) is 12.2 Å². The predicted octanol–water partition coefficient (Wildman–Crippen LogP) is 2.32. The van der Waals surface area contributed by atoms with Gasteiger partial charge < -0.3 is 9.47 Å². The third-order valence-corrected chi connectivity index (χ3v) is 1.45. The number of hydrogen-bond donors (Lipinski definition) is 0. The van der Waals surface area contributed by atoms with Crippen LogP contribution >= 0.6 is 0 Å². The molecule has 0 bridgehead atoms. The predicted molar refractivity (Wildman–Crippen MR) is 47.6 cm³/mol. The lowest BCUT2D eigenvalue weighted by atomic mass is 10.3. The number of alkyl halides is 5. The molecule has 0 rings (SSSR count). The zero-order valence-corrected chi connectivity index (χ0v) is 8.89. The normalized spacial score (nSPS) is 13.1. The van der Waals surface area contributed by atoms with Gasteiger partial charge in [0.1, 0.15) is 6.61 Å². The second-order valence-corrected chi connectivity index (χ2v) is 2.87. The van der Waals surface area contributed by atoms with E-state index in [1.807, 2.05) is 0 Å². The largest absolute Gasteiger partial charge is 0.463 e. The fourth-order valence-corrected chi connectivity index (χ4v) is 0.672. The Morgan fingerprint density at radius 2 is 1.82 bits per heavy atom. The molecular formula is C9H11F5O3. The molecule has 0 amide bonds. The number of ether oxygens (including phenoxy) is 2. The van der Waals surface area contributed by atoms with E-state index >= 15 is 0 Å². The molecule has 0 aliphatic rings. The first-order valence-corrected chi connectivity index (χ1v) is 4.56. The Kier molecular flexibility index (Phi) is 6.08. The van der Waals surface area contributed by atoms with Crippen LogP contribution in [0.4, 0.5) is 22.0 Å². The fourth-order valence-electron chi connectivity index (χ4n) is 0.672. The van der Waals surface area contributed by atoms with Crippen molar-refractivity contribution in [2.24, 2.45) is 0 Å². The summed E-state index contributed by atoms with van der Waals surface area (Å²) in [6.45, 7) is -0.629. The molecule has 0 aromatic heterocycles. The Labute approximate surface area is 94.2 Å². The van der Waals surface area contributed by atoms with E-state index in [4.69, 9.17) is 0 Å². The van der Waals surface area contributed by atoms with Gasteiger partial charge in [0.15, 0.2) is 0 Å². The maximum absolute atomic E-state index is 12.3.